The van der Waals surface area contributed by atoms with Crippen LogP contribution in [0.3, 0.4) is 0 Å². The molecule has 0 unspecified atom stereocenters. The van der Waals surface area contributed by atoms with E-state index in [2.05, 4.69) is 44.3 Å². The van der Waals surface area contributed by atoms with Crippen molar-refractivity contribution >= 4 is 31.9 Å². The van der Waals surface area contributed by atoms with Gasteiger partial charge in [0.1, 0.15) is 5.75 Å². The van der Waals surface area contributed by atoms with Crippen LogP contribution in [-0.2, 0) is 0 Å². The van der Waals surface area contributed by atoms with Gasteiger partial charge in [-0.25, -0.2) is 0 Å². The molecule has 14 heavy (non-hydrogen) atoms. The lowest BCUT2D eigenvalue weighted by molar-refractivity contribution is 0.317. The molecule has 1 aromatic rings. The fraction of sp³-hybridized carbons (Fsp3) is 0.364. The average Bonchev–Trinajstić information content (AvgIpc) is 2.20. The maximum atomic E-state index is 5.59. The van der Waals surface area contributed by atoms with Crippen LogP contribution < -0.4 is 4.74 Å². The molecule has 0 amide bonds. The summed E-state index contributed by atoms with van der Waals surface area (Å²) in [6.45, 7) is 2.77. The van der Waals surface area contributed by atoms with E-state index in [0.29, 0.717) is 0 Å². The molecule has 0 saturated heterocycles. The summed E-state index contributed by atoms with van der Waals surface area (Å²) in [6, 6.07) is 6.10. The third-order valence-electron chi connectivity index (χ3n) is 1.82. The van der Waals surface area contributed by atoms with Crippen LogP contribution in [0.25, 0.3) is 0 Å². The Morgan fingerprint density at radius 1 is 1.43 bits per heavy atom. The van der Waals surface area contributed by atoms with Crippen LogP contribution in [0.2, 0.25) is 0 Å². The van der Waals surface area contributed by atoms with Gasteiger partial charge >= 0.3 is 0 Å². The van der Waals surface area contributed by atoms with Crippen molar-refractivity contribution in [2.45, 2.75) is 13.3 Å². The molecule has 0 N–H and O–H groups in total. The predicted molar refractivity (Wildman–Crippen MR) is 67.1 cm³/mol. The first kappa shape index (κ1) is 12.1. The number of benzene rings is 1. The lowest BCUT2D eigenvalue weighted by Crippen LogP contribution is -1.98. The average molecular weight is 321 g/mol. The first-order valence-electron chi connectivity index (χ1n) is 4.55. The van der Waals surface area contributed by atoms with Gasteiger partial charge < -0.3 is 4.74 Å². The Bertz CT molecular complexity index is 287. The number of rotatable bonds is 5. The highest BCUT2D eigenvalue weighted by molar-refractivity contribution is 9.10. The van der Waals surface area contributed by atoms with Crippen molar-refractivity contribution in [3.63, 3.8) is 0 Å². The van der Waals surface area contributed by atoms with Crippen LogP contribution in [0, 0.1) is 6.42 Å². The van der Waals surface area contributed by atoms with Gasteiger partial charge in [0, 0.05) is 5.33 Å². The van der Waals surface area contributed by atoms with Crippen molar-refractivity contribution in [1.82, 2.24) is 0 Å². The summed E-state index contributed by atoms with van der Waals surface area (Å²) in [6.07, 6.45) is 3.08. The lowest BCUT2D eigenvalue weighted by atomic mass is 10.2. The minimum Gasteiger partial charge on any atom is -0.492 e. The van der Waals surface area contributed by atoms with E-state index in [0.717, 1.165) is 28.6 Å². The van der Waals surface area contributed by atoms with Gasteiger partial charge in [-0.15, -0.1) is 0 Å². The van der Waals surface area contributed by atoms with Gasteiger partial charge in [0.15, 0.2) is 0 Å². The Balaban J connectivity index is 2.59. The molecule has 1 radical (unpaired) electrons. The highest BCUT2D eigenvalue weighted by Gasteiger charge is 2.01. The maximum absolute atomic E-state index is 5.59. The minimum absolute atomic E-state index is 0.749. The summed E-state index contributed by atoms with van der Waals surface area (Å²) in [5.74, 6) is 0.913. The molecule has 0 bridgehead atoms. The van der Waals surface area contributed by atoms with Gasteiger partial charge in [0.2, 0.25) is 0 Å². The van der Waals surface area contributed by atoms with E-state index in [1.807, 2.05) is 19.1 Å². The molecule has 0 aromatic heterocycles. The second kappa shape index (κ2) is 6.46. The number of alkyl halides is 1. The quantitative estimate of drug-likeness (QED) is 0.584. The first-order chi connectivity index (χ1) is 6.77. The van der Waals surface area contributed by atoms with Crippen LogP contribution in [0.4, 0.5) is 0 Å². The van der Waals surface area contributed by atoms with E-state index in [1.54, 1.807) is 0 Å². The van der Waals surface area contributed by atoms with E-state index >= 15 is 0 Å². The molecule has 1 aromatic carbocycles. The fourth-order valence-electron chi connectivity index (χ4n) is 1.05. The molecule has 0 saturated carbocycles. The summed E-state index contributed by atoms with van der Waals surface area (Å²) in [5.41, 5.74) is 1.20. The van der Waals surface area contributed by atoms with Crippen LogP contribution >= 0.6 is 31.9 Å². The highest BCUT2D eigenvalue weighted by atomic mass is 79.9. The van der Waals surface area contributed by atoms with Crippen molar-refractivity contribution in [2.75, 3.05) is 11.9 Å². The van der Waals surface area contributed by atoms with Crippen molar-refractivity contribution in [3.05, 3.63) is 34.7 Å². The summed E-state index contributed by atoms with van der Waals surface area (Å²) < 4.78 is 6.60. The Kier molecular flexibility index (Phi) is 5.56. The van der Waals surface area contributed by atoms with E-state index in [1.165, 1.54) is 5.56 Å². The molecule has 0 heterocycles. The number of hydrogen-bond acceptors (Lipinski definition) is 1. The Morgan fingerprint density at radius 2 is 2.21 bits per heavy atom. The molecular weight excluding hydrogens is 308 g/mol. The van der Waals surface area contributed by atoms with Crippen LogP contribution in [0.1, 0.15) is 18.9 Å². The second-order valence-electron chi connectivity index (χ2n) is 2.87. The maximum Gasteiger partial charge on any atom is 0.133 e. The molecule has 3 heteroatoms. The molecule has 1 nitrogen and oxygen atoms in total. The van der Waals surface area contributed by atoms with Gasteiger partial charge in [-0.1, -0.05) is 28.9 Å². The second-order valence-corrected chi connectivity index (χ2v) is 4.52. The standard InChI is InChI=1S/C11H13Br2O/c1-2-9-4-5-11(10(13)8-9)14-7-3-6-12/h2,4-5,8H,3,6-7H2,1H3. The zero-order valence-corrected chi connectivity index (χ0v) is 11.3. The van der Waals surface area contributed by atoms with Crippen molar-refractivity contribution in [1.29, 1.82) is 0 Å². The van der Waals surface area contributed by atoms with Crippen LogP contribution in [0.5, 0.6) is 5.75 Å². The molecule has 0 aliphatic carbocycles. The van der Waals surface area contributed by atoms with Crippen molar-refractivity contribution < 1.29 is 4.74 Å². The Hall–Kier alpha value is -0.0200. The highest BCUT2D eigenvalue weighted by Crippen LogP contribution is 2.26. The molecule has 77 valence electrons. The summed E-state index contributed by atoms with van der Waals surface area (Å²) in [4.78, 5) is 0. The molecule has 0 fully saturated rings. The minimum atomic E-state index is 0.749. The van der Waals surface area contributed by atoms with E-state index in [4.69, 9.17) is 4.74 Å². The largest absolute Gasteiger partial charge is 0.492 e. The normalized spacial score (nSPS) is 10.2. The van der Waals surface area contributed by atoms with Gasteiger partial charge in [-0.05, 0) is 46.5 Å². The summed E-state index contributed by atoms with van der Waals surface area (Å²) >= 11 is 6.85. The molecular formula is C11H13Br2O. The van der Waals surface area contributed by atoms with Gasteiger partial charge in [0.25, 0.3) is 0 Å². The third-order valence-corrected chi connectivity index (χ3v) is 3.01. The van der Waals surface area contributed by atoms with E-state index in [9.17, 15) is 0 Å². The number of hydrogen-bond donors (Lipinski definition) is 0. The predicted octanol–water partition coefficient (Wildman–Crippen LogP) is 4.19. The number of ether oxygens (including phenoxy) is 1. The molecule has 1 rings (SSSR count). The third kappa shape index (κ3) is 3.62. The molecule has 0 aliphatic rings. The SMILES string of the molecule is C[CH]c1ccc(OCCCBr)c(Br)c1. The molecule has 0 spiro atoms. The summed E-state index contributed by atoms with van der Waals surface area (Å²) in [7, 11) is 0. The smallest absolute Gasteiger partial charge is 0.133 e. The van der Waals surface area contributed by atoms with Crippen molar-refractivity contribution in [3.8, 4) is 5.75 Å². The van der Waals surface area contributed by atoms with E-state index < -0.39 is 0 Å². The zero-order chi connectivity index (χ0) is 10.4. The Morgan fingerprint density at radius 3 is 2.79 bits per heavy atom. The Labute approximate surface area is 102 Å². The van der Waals surface area contributed by atoms with Crippen molar-refractivity contribution in [2.24, 2.45) is 0 Å². The van der Waals surface area contributed by atoms with Gasteiger partial charge in [0.05, 0.1) is 11.1 Å². The molecule has 0 aliphatic heterocycles. The lowest BCUT2D eigenvalue weighted by Gasteiger charge is -2.08. The zero-order valence-electron chi connectivity index (χ0n) is 8.09. The van der Waals surface area contributed by atoms with Crippen LogP contribution in [0.15, 0.2) is 22.7 Å². The first-order valence-corrected chi connectivity index (χ1v) is 6.47. The van der Waals surface area contributed by atoms with Gasteiger partial charge in [-0.2, -0.15) is 0 Å². The molecule has 0 atom stereocenters. The fourth-order valence-corrected chi connectivity index (χ4v) is 1.79. The monoisotopic (exact) mass is 319 g/mol. The van der Waals surface area contributed by atoms with Gasteiger partial charge in [-0.3, -0.25) is 0 Å². The summed E-state index contributed by atoms with van der Waals surface area (Å²) in [5, 5.41) is 0.978. The van der Waals surface area contributed by atoms with Crippen LogP contribution in [-0.4, -0.2) is 11.9 Å². The topological polar surface area (TPSA) is 9.23 Å². The number of halogens is 2. The van der Waals surface area contributed by atoms with E-state index in [-0.39, 0.29) is 0 Å².